The molecule has 2 aliphatic heterocycles. The van der Waals surface area contributed by atoms with Gasteiger partial charge in [-0.25, -0.2) is 19.7 Å². The molecule has 4 atom stereocenters. The highest BCUT2D eigenvalue weighted by molar-refractivity contribution is 6.07. The molecule has 0 spiro atoms. The number of benzene rings is 1. The summed E-state index contributed by atoms with van der Waals surface area (Å²) in [7, 11) is 0. The first-order valence-electron chi connectivity index (χ1n) is 17.6. The number of Topliss-reactive ketones (excluding diaryl/α,β-unsaturated/α-hetero) is 1. The van der Waals surface area contributed by atoms with Crippen LogP contribution in [0.1, 0.15) is 72.7 Å². The highest BCUT2D eigenvalue weighted by Gasteiger charge is 2.72. The third-order valence-corrected chi connectivity index (χ3v) is 10.8. The number of nitrogens with zero attached hydrogens (tertiary/aromatic N) is 6. The molecule has 3 amide bonds. The highest BCUT2D eigenvalue weighted by Crippen LogP contribution is 2.64. The molecule has 1 aromatic carbocycles. The fourth-order valence-electron chi connectivity index (χ4n) is 7.98. The number of aryl methyl sites for hydroxylation is 3. The minimum absolute atomic E-state index is 0.125. The van der Waals surface area contributed by atoms with Crippen LogP contribution in [0, 0.1) is 25.2 Å². The second kappa shape index (κ2) is 13.5. The average molecular weight is 733 g/mol. The molecule has 2 bridgehead atoms. The van der Waals surface area contributed by atoms with Crippen LogP contribution < -0.4 is 10.6 Å². The summed E-state index contributed by atoms with van der Waals surface area (Å²) in [6, 6.07) is 4.30. The van der Waals surface area contributed by atoms with E-state index in [0.717, 1.165) is 29.2 Å². The fourth-order valence-corrected chi connectivity index (χ4v) is 7.98. The lowest BCUT2D eigenvalue weighted by Crippen LogP contribution is -2.47. The number of hydrogen-bond acceptors (Lipinski definition) is 9. The minimum atomic E-state index is -4.73. The van der Waals surface area contributed by atoms with Crippen molar-refractivity contribution in [1.29, 1.82) is 0 Å². The molecule has 2 fully saturated rings. The molecular formula is C37H39F3N8O5. The second-order valence-corrected chi connectivity index (χ2v) is 14.2. The zero-order valence-corrected chi connectivity index (χ0v) is 29.7. The van der Waals surface area contributed by atoms with Gasteiger partial charge in [0.1, 0.15) is 35.6 Å². The van der Waals surface area contributed by atoms with Gasteiger partial charge in [0.05, 0.1) is 12.1 Å². The molecule has 1 aliphatic carbocycles. The summed E-state index contributed by atoms with van der Waals surface area (Å²) in [5.41, 5.74) is 1.61. The molecule has 1 unspecified atom stereocenters. The summed E-state index contributed by atoms with van der Waals surface area (Å²) in [5.74, 6) is -1.25. The Bertz CT molecular complexity index is 2140. The third-order valence-electron chi connectivity index (χ3n) is 10.8. The van der Waals surface area contributed by atoms with Crippen LogP contribution >= 0.6 is 0 Å². The standard InChI is InChI=1S/C37H39F3N8O5/c1-19-9-10-28(37(38,39)40)44-33(19)45-34(51)27-14-36-18-43-35(52)53-11-7-5-6-8-23-12-24(25-15-41-22(4)42-16-25)13-26-30(21(3)49)46-47(31(23)26)17-29(50)48(27)32(36)20(36)2/h9-10,12-13,15-16,20,27,32H,5-8,11,14,17-18H2,1-4H3,(H,43,52)(H,44,45,51)/t20-,27-,32?,36+/m0/s1. The van der Waals surface area contributed by atoms with Crippen molar-refractivity contribution in [3.8, 4) is 11.1 Å². The Hall–Kier alpha value is -5.41. The Morgan fingerprint density at radius 2 is 1.81 bits per heavy atom. The van der Waals surface area contributed by atoms with E-state index in [2.05, 4.69) is 30.7 Å². The predicted octanol–water partition coefficient (Wildman–Crippen LogP) is 5.42. The molecule has 4 aromatic rings. The number of cyclic esters (lactones) is 1. The number of nitrogens with one attached hydrogen (secondary N) is 2. The number of carbonyl (C=O) groups excluding carboxylic acids is 4. The summed E-state index contributed by atoms with van der Waals surface area (Å²) in [6.07, 6.45) is 0.831. The molecule has 7 rings (SSSR count). The number of carbonyl (C=O) groups is 4. The van der Waals surface area contributed by atoms with E-state index in [4.69, 9.17) is 4.74 Å². The maximum absolute atomic E-state index is 14.5. The SMILES string of the molecule is CC(=O)c1nn2c3c(cc(-c4cnc(C)nc4)cc13)CCCCCOC(=O)NC[C@@]13C[C@@H](C(=O)Nc4nc(C(F)(F)F)ccc4C)N(C(=O)C2)C1[C@@H]3C. The van der Waals surface area contributed by atoms with Crippen LogP contribution in [0.3, 0.4) is 0 Å². The number of alkyl carbamates (subject to hydrolysis) is 1. The molecule has 278 valence electrons. The molecule has 16 heteroatoms. The van der Waals surface area contributed by atoms with E-state index in [1.54, 1.807) is 19.3 Å². The van der Waals surface area contributed by atoms with Gasteiger partial charge in [-0.05, 0) is 86.8 Å². The zero-order valence-electron chi connectivity index (χ0n) is 29.7. The van der Waals surface area contributed by atoms with E-state index >= 15 is 0 Å². The van der Waals surface area contributed by atoms with Crippen molar-refractivity contribution in [2.24, 2.45) is 11.3 Å². The van der Waals surface area contributed by atoms with Crippen molar-refractivity contribution >= 4 is 40.4 Å². The Labute approximate surface area is 302 Å². The number of pyridine rings is 1. The van der Waals surface area contributed by atoms with Crippen molar-refractivity contribution in [2.75, 3.05) is 18.5 Å². The van der Waals surface area contributed by atoms with Crippen LogP contribution in [0.4, 0.5) is 23.8 Å². The van der Waals surface area contributed by atoms with Gasteiger partial charge in [0.2, 0.25) is 11.8 Å². The van der Waals surface area contributed by atoms with Crippen LogP contribution in [0.2, 0.25) is 0 Å². The number of piperidine rings is 1. The number of ketones is 1. The van der Waals surface area contributed by atoms with E-state index in [0.29, 0.717) is 41.6 Å². The quantitative estimate of drug-likeness (QED) is 0.261. The van der Waals surface area contributed by atoms with Crippen molar-refractivity contribution in [2.45, 2.75) is 84.6 Å². The first-order valence-corrected chi connectivity index (χ1v) is 17.6. The lowest BCUT2D eigenvalue weighted by atomic mass is 9.95. The van der Waals surface area contributed by atoms with Gasteiger partial charge < -0.3 is 20.3 Å². The van der Waals surface area contributed by atoms with Crippen LogP contribution in [-0.2, 0) is 33.5 Å². The maximum Gasteiger partial charge on any atom is 0.433 e. The number of amides is 3. The van der Waals surface area contributed by atoms with Gasteiger partial charge in [-0.15, -0.1) is 0 Å². The molecule has 2 N–H and O–H groups in total. The largest absolute Gasteiger partial charge is 0.450 e. The van der Waals surface area contributed by atoms with Gasteiger partial charge in [-0.2, -0.15) is 18.3 Å². The Kier molecular flexibility index (Phi) is 9.18. The number of hydrogen-bond donors (Lipinski definition) is 2. The van der Waals surface area contributed by atoms with Crippen LogP contribution in [0.15, 0.2) is 36.7 Å². The first kappa shape index (κ1) is 36.0. The van der Waals surface area contributed by atoms with Crippen molar-refractivity contribution in [3.63, 3.8) is 0 Å². The Morgan fingerprint density at radius 1 is 1.06 bits per heavy atom. The Balaban J connectivity index is 1.30. The third kappa shape index (κ3) is 6.70. The van der Waals surface area contributed by atoms with E-state index in [9.17, 15) is 32.3 Å². The van der Waals surface area contributed by atoms with E-state index in [-0.39, 0.29) is 49.3 Å². The van der Waals surface area contributed by atoms with Gasteiger partial charge in [-0.1, -0.05) is 13.0 Å². The molecule has 1 saturated heterocycles. The lowest BCUT2D eigenvalue weighted by molar-refractivity contribution is -0.141. The summed E-state index contributed by atoms with van der Waals surface area (Å²) >= 11 is 0. The second-order valence-electron chi connectivity index (χ2n) is 14.2. The number of aromatic nitrogens is 5. The molecule has 13 nitrogen and oxygen atoms in total. The van der Waals surface area contributed by atoms with Gasteiger partial charge in [-0.3, -0.25) is 19.1 Å². The van der Waals surface area contributed by atoms with Gasteiger partial charge >= 0.3 is 12.3 Å². The average Bonchev–Trinajstić information content (AvgIpc) is 3.37. The van der Waals surface area contributed by atoms with Crippen molar-refractivity contribution in [3.05, 3.63) is 65.0 Å². The summed E-state index contributed by atoms with van der Waals surface area (Å²) in [6.45, 7) is 6.65. The molecule has 5 heterocycles. The summed E-state index contributed by atoms with van der Waals surface area (Å²) in [4.78, 5) is 68.1. The van der Waals surface area contributed by atoms with Gasteiger partial charge in [0, 0.05) is 48.3 Å². The molecular weight excluding hydrogens is 693 g/mol. The molecule has 1 saturated carbocycles. The number of ether oxygens (including phenoxy) is 1. The zero-order chi connectivity index (χ0) is 37.8. The topological polar surface area (TPSA) is 161 Å². The van der Waals surface area contributed by atoms with Crippen molar-refractivity contribution < 1.29 is 37.1 Å². The molecule has 53 heavy (non-hydrogen) atoms. The summed E-state index contributed by atoms with van der Waals surface area (Å²) < 4.78 is 47.5. The molecule has 3 aliphatic rings. The van der Waals surface area contributed by atoms with Crippen molar-refractivity contribution in [1.82, 2.24) is 34.9 Å². The number of alkyl halides is 3. The number of anilines is 1. The smallest absolute Gasteiger partial charge is 0.433 e. The number of rotatable bonds is 4. The van der Waals surface area contributed by atoms with Crippen LogP contribution in [0.25, 0.3) is 22.0 Å². The normalized spacial score (nSPS) is 23.5. The Morgan fingerprint density at radius 3 is 2.53 bits per heavy atom. The van der Waals surface area contributed by atoms with Gasteiger partial charge in [0.25, 0.3) is 0 Å². The monoisotopic (exact) mass is 732 g/mol. The van der Waals surface area contributed by atoms with Gasteiger partial charge in [0.15, 0.2) is 5.78 Å². The predicted molar refractivity (Wildman–Crippen MR) is 186 cm³/mol. The number of halogens is 3. The minimum Gasteiger partial charge on any atom is -0.450 e. The summed E-state index contributed by atoms with van der Waals surface area (Å²) in [5, 5.41) is 10.6. The van der Waals surface area contributed by atoms with Crippen LogP contribution in [0.5, 0.6) is 0 Å². The fraction of sp³-hybridized carbons (Fsp3) is 0.459. The van der Waals surface area contributed by atoms with Crippen LogP contribution in [-0.4, -0.2) is 78.6 Å². The highest BCUT2D eigenvalue weighted by atomic mass is 19.4. The maximum atomic E-state index is 14.5. The van der Waals surface area contributed by atoms with E-state index in [1.165, 1.54) is 29.5 Å². The molecule has 3 aromatic heterocycles. The molecule has 0 radical (unpaired) electrons. The van der Waals surface area contributed by atoms with E-state index < -0.39 is 47.3 Å². The lowest BCUT2D eigenvalue weighted by Gasteiger charge is -2.28. The first-order chi connectivity index (χ1) is 25.2. The van der Waals surface area contributed by atoms with E-state index in [1.807, 2.05) is 19.1 Å².